The Balaban J connectivity index is 2.85. The molecule has 4 nitrogen and oxygen atoms in total. The van der Waals surface area contributed by atoms with Gasteiger partial charge in [0.15, 0.2) is 0 Å². The summed E-state index contributed by atoms with van der Waals surface area (Å²) in [6.45, 7) is 5.89. The van der Waals surface area contributed by atoms with Crippen LogP contribution in [0.5, 0.6) is 0 Å². The van der Waals surface area contributed by atoms with Crippen molar-refractivity contribution in [2.45, 2.75) is 19.9 Å². The maximum atomic E-state index is 5.18. The van der Waals surface area contributed by atoms with Gasteiger partial charge in [-0.15, -0.1) is 0 Å². The Bertz CT molecular complexity index is 317. The molecule has 0 bridgehead atoms. The quantitative estimate of drug-likeness (QED) is 0.800. The van der Waals surface area contributed by atoms with Crippen LogP contribution < -0.4 is 10.2 Å². The molecule has 0 aromatic carbocycles. The SMILES string of the molecule is CCN(c1cccc(NC)n1)C(C)COC. The molecule has 0 saturated carbocycles. The molecule has 0 saturated heterocycles. The van der Waals surface area contributed by atoms with Crippen LogP contribution in [0.15, 0.2) is 18.2 Å². The molecule has 0 spiro atoms. The number of methoxy groups -OCH3 is 1. The lowest BCUT2D eigenvalue weighted by atomic mass is 10.3. The first kappa shape index (κ1) is 12.8. The van der Waals surface area contributed by atoms with Crippen molar-refractivity contribution in [3.05, 3.63) is 18.2 Å². The molecular weight excluding hydrogens is 202 g/mol. The first-order valence-corrected chi connectivity index (χ1v) is 5.63. The van der Waals surface area contributed by atoms with Gasteiger partial charge in [-0.1, -0.05) is 6.07 Å². The highest BCUT2D eigenvalue weighted by Gasteiger charge is 2.13. The van der Waals surface area contributed by atoms with Gasteiger partial charge in [0.2, 0.25) is 0 Å². The van der Waals surface area contributed by atoms with Gasteiger partial charge < -0.3 is 15.0 Å². The molecule has 90 valence electrons. The predicted molar refractivity (Wildman–Crippen MR) is 68.1 cm³/mol. The summed E-state index contributed by atoms with van der Waals surface area (Å²) in [7, 11) is 3.60. The summed E-state index contributed by atoms with van der Waals surface area (Å²) in [5, 5.41) is 3.05. The first-order chi connectivity index (χ1) is 7.72. The van der Waals surface area contributed by atoms with E-state index in [-0.39, 0.29) is 0 Å². The van der Waals surface area contributed by atoms with Gasteiger partial charge in [0, 0.05) is 20.7 Å². The van der Waals surface area contributed by atoms with Gasteiger partial charge in [-0.05, 0) is 26.0 Å². The van der Waals surface area contributed by atoms with Crippen molar-refractivity contribution in [3.63, 3.8) is 0 Å². The number of aromatic nitrogens is 1. The largest absolute Gasteiger partial charge is 0.383 e. The van der Waals surface area contributed by atoms with Gasteiger partial charge in [0.05, 0.1) is 12.6 Å². The van der Waals surface area contributed by atoms with Crippen LogP contribution in [0.25, 0.3) is 0 Å². The zero-order valence-corrected chi connectivity index (χ0v) is 10.5. The topological polar surface area (TPSA) is 37.4 Å². The number of ether oxygens (including phenoxy) is 1. The van der Waals surface area contributed by atoms with E-state index in [4.69, 9.17) is 4.74 Å². The number of hydrogen-bond donors (Lipinski definition) is 1. The average Bonchev–Trinajstić information content (AvgIpc) is 2.31. The number of rotatable bonds is 6. The minimum absolute atomic E-state index is 0.328. The lowest BCUT2D eigenvalue weighted by molar-refractivity contribution is 0.181. The summed E-state index contributed by atoms with van der Waals surface area (Å²) in [5.74, 6) is 1.87. The second kappa shape index (κ2) is 6.33. The highest BCUT2D eigenvalue weighted by atomic mass is 16.5. The zero-order valence-electron chi connectivity index (χ0n) is 10.5. The van der Waals surface area contributed by atoms with Gasteiger partial charge in [-0.3, -0.25) is 0 Å². The molecule has 1 aromatic rings. The minimum Gasteiger partial charge on any atom is -0.383 e. The standard InChI is InChI=1S/C12H21N3O/c1-5-15(10(2)9-16-4)12-8-6-7-11(13-3)14-12/h6-8,10H,5,9H2,1-4H3,(H,13,14). The first-order valence-electron chi connectivity index (χ1n) is 5.63. The maximum absolute atomic E-state index is 5.18. The van der Waals surface area contributed by atoms with Crippen molar-refractivity contribution in [2.75, 3.05) is 37.5 Å². The molecule has 1 N–H and O–H groups in total. The second-order valence-corrected chi connectivity index (χ2v) is 3.72. The Hall–Kier alpha value is -1.29. The number of pyridine rings is 1. The van der Waals surface area contributed by atoms with E-state index in [1.165, 1.54) is 0 Å². The normalized spacial score (nSPS) is 12.2. The Morgan fingerprint density at radius 3 is 2.81 bits per heavy atom. The second-order valence-electron chi connectivity index (χ2n) is 3.72. The smallest absolute Gasteiger partial charge is 0.131 e. The van der Waals surface area contributed by atoms with Crippen LogP contribution in [0.3, 0.4) is 0 Å². The van der Waals surface area contributed by atoms with Gasteiger partial charge in [-0.25, -0.2) is 4.98 Å². The minimum atomic E-state index is 0.328. The van der Waals surface area contributed by atoms with Crippen molar-refractivity contribution in [1.29, 1.82) is 0 Å². The number of hydrogen-bond acceptors (Lipinski definition) is 4. The molecule has 4 heteroatoms. The number of nitrogens with zero attached hydrogens (tertiary/aromatic N) is 2. The summed E-state index contributed by atoms with van der Waals surface area (Å²) in [6, 6.07) is 6.32. The third kappa shape index (κ3) is 3.10. The van der Waals surface area contributed by atoms with Crippen LogP contribution in [0.1, 0.15) is 13.8 Å². The van der Waals surface area contributed by atoms with E-state index in [1.807, 2.05) is 25.2 Å². The number of likely N-dealkylation sites (N-methyl/N-ethyl adjacent to an activating group) is 1. The fourth-order valence-corrected chi connectivity index (χ4v) is 1.75. The highest BCUT2D eigenvalue weighted by molar-refractivity contribution is 5.47. The Morgan fingerprint density at radius 1 is 1.50 bits per heavy atom. The summed E-state index contributed by atoms with van der Waals surface area (Å²) in [5.41, 5.74) is 0. The van der Waals surface area contributed by atoms with E-state index in [0.29, 0.717) is 12.6 Å². The maximum Gasteiger partial charge on any atom is 0.131 e. The van der Waals surface area contributed by atoms with Crippen molar-refractivity contribution < 1.29 is 4.74 Å². The van der Waals surface area contributed by atoms with Crippen molar-refractivity contribution in [3.8, 4) is 0 Å². The van der Waals surface area contributed by atoms with Crippen molar-refractivity contribution >= 4 is 11.6 Å². The van der Waals surface area contributed by atoms with Gasteiger partial charge in [-0.2, -0.15) is 0 Å². The molecule has 0 aliphatic rings. The van der Waals surface area contributed by atoms with Gasteiger partial charge in [0.25, 0.3) is 0 Å². The van der Waals surface area contributed by atoms with E-state index in [9.17, 15) is 0 Å². The zero-order chi connectivity index (χ0) is 12.0. The molecule has 0 amide bonds. The molecule has 1 atom stereocenters. The van der Waals surface area contributed by atoms with Crippen LogP contribution in [-0.2, 0) is 4.74 Å². The molecule has 16 heavy (non-hydrogen) atoms. The molecule has 0 aliphatic carbocycles. The molecule has 1 unspecified atom stereocenters. The fourth-order valence-electron chi connectivity index (χ4n) is 1.75. The average molecular weight is 223 g/mol. The summed E-state index contributed by atoms with van der Waals surface area (Å²) in [4.78, 5) is 6.75. The van der Waals surface area contributed by atoms with Crippen molar-refractivity contribution in [2.24, 2.45) is 0 Å². The molecule has 0 fully saturated rings. The molecule has 0 aliphatic heterocycles. The Morgan fingerprint density at radius 2 is 2.25 bits per heavy atom. The van der Waals surface area contributed by atoms with E-state index in [1.54, 1.807) is 7.11 Å². The van der Waals surface area contributed by atoms with Crippen LogP contribution in [0, 0.1) is 0 Å². The van der Waals surface area contributed by atoms with Crippen LogP contribution in [0.2, 0.25) is 0 Å². The number of anilines is 2. The summed E-state index contributed by atoms with van der Waals surface area (Å²) in [6.07, 6.45) is 0. The van der Waals surface area contributed by atoms with E-state index < -0.39 is 0 Å². The van der Waals surface area contributed by atoms with Gasteiger partial charge in [0.1, 0.15) is 11.6 Å². The van der Waals surface area contributed by atoms with E-state index in [0.717, 1.165) is 18.2 Å². The molecule has 1 rings (SSSR count). The van der Waals surface area contributed by atoms with Crippen LogP contribution in [0.4, 0.5) is 11.6 Å². The Labute approximate surface area is 97.6 Å². The molecule has 1 aromatic heterocycles. The Kier molecular flexibility index (Phi) is 5.05. The van der Waals surface area contributed by atoms with Crippen LogP contribution >= 0.6 is 0 Å². The summed E-state index contributed by atoms with van der Waals surface area (Å²) < 4.78 is 5.18. The molecule has 0 radical (unpaired) electrons. The predicted octanol–water partition coefficient (Wildman–Crippen LogP) is 1.98. The van der Waals surface area contributed by atoms with E-state index >= 15 is 0 Å². The van der Waals surface area contributed by atoms with E-state index in [2.05, 4.69) is 29.0 Å². The summed E-state index contributed by atoms with van der Waals surface area (Å²) >= 11 is 0. The number of nitrogens with one attached hydrogen (secondary N) is 1. The fraction of sp³-hybridized carbons (Fsp3) is 0.583. The highest BCUT2D eigenvalue weighted by Crippen LogP contribution is 2.16. The third-order valence-electron chi connectivity index (χ3n) is 2.57. The lowest BCUT2D eigenvalue weighted by Gasteiger charge is -2.28. The monoisotopic (exact) mass is 223 g/mol. The van der Waals surface area contributed by atoms with Gasteiger partial charge >= 0.3 is 0 Å². The molecule has 1 heterocycles. The van der Waals surface area contributed by atoms with Crippen molar-refractivity contribution in [1.82, 2.24) is 4.98 Å². The lowest BCUT2D eigenvalue weighted by Crippen LogP contribution is -2.36. The molecular formula is C12H21N3O. The van der Waals surface area contributed by atoms with Crippen LogP contribution in [-0.4, -0.2) is 38.3 Å². The third-order valence-corrected chi connectivity index (χ3v) is 2.57.